The third kappa shape index (κ3) is 6.06. The molecule has 8 nitrogen and oxygen atoms in total. The van der Waals surface area contributed by atoms with Crippen molar-refractivity contribution in [2.24, 2.45) is 5.92 Å². The first-order chi connectivity index (χ1) is 16.9. The highest BCUT2D eigenvalue weighted by molar-refractivity contribution is 6.02. The van der Waals surface area contributed by atoms with Crippen molar-refractivity contribution < 1.29 is 37.3 Å². The zero-order valence-corrected chi connectivity index (χ0v) is 19.5. The first-order valence-electron chi connectivity index (χ1n) is 11.3. The minimum atomic E-state index is -3.09. The van der Waals surface area contributed by atoms with Gasteiger partial charge in [-0.25, -0.2) is 4.98 Å². The van der Waals surface area contributed by atoms with Crippen molar-refractivity contribution >= 4 is 17.4 Å². The van der Waals surface area contributed by atoms with Crippen molar-refractivity contribution in [2.75, 3.05) is 20.3 Å². The van der Waals surface area contributed by atoms with Gasteiger partial charge in [0, 0.05) is 37.6 Å². The number of benzene rings is 1. The molecule has 0 atom stereocenters. The second kappa shape index (κ2) is 10.7. The van der Waals surface area contributed by atoms with E-state index in [4.69, 9.17) is 18.9 Å². The summed E-state index contributed by atoms with van der Waals surface area (Å²) in [5, 5.41) is 0. The Balaban J connectivity index is 1.60. The van der Waals surface area contributed by atoms with Gasteiger partial charge in [0.05, 0.1) is 32.2 Å². The van der Waals surface area contributed by atoms with Crippen LogP contribution in [0.15, 0.2) is 36.7 Å². The molecule has 186 valence electrons. The molecule has 1 aliphatic carbocycles. The third-order valence-electron chi connectivity index (χ3n) is 5.59. The highest BCUT2D eigenvalue weighted by Crippen LogP contribution is 2.40. The number of imidazole rings is 1. The van der Waals surface area contributed by atoms with E-state index in [0.717, 1.165) is 12.8 Å². The number of carbonyl (C=O) groups is 2. The van der Waals surface area contributed by atoms with Gasteiger partial charge in [0.1, 0.15) is 28.5 Å². The SMILES string of the molecule is COc1cc(-c2cnc3cc(OCCCOC(C)=O)ccn23)cc(OC(F)F)c1C(=O)CC1CC1. The highest BCUT2D eigenvalue weighted by atomic mass is 19.3. The fourth-order valence-electron chi connectivity index (χ4n) is 3.78. The maximum absolute atomic E-state index is 13.2. The van der Waals surface area contributed by atoms with Crippen LogP contribution in [-0.2, 0) is 9.53 Å². The minimum Gasteiger partial charge on any atom is -0.496 e. The van der Waals surface area contributed by atoms with Crippen LogP contribution in [0, 0.1) is 5.92 Å². The summed E-state index contributed by atoms with van der Waals surface area (Å²) >= 11 is 0. The molecular formula is C25H26F2N2O6. The normalized spacial score (nSPS) is 13.2. The quantitative estimate of drug-likeness (QED) is 0.203. The molecule has 0 radical (unpaired) electrons. The molecule has 1 fully saturated rings. The maximum Gasteiger partial charge on any atom is 0.387 e. The molecule has 2 heterocycles. The van der Waals surface area contributed by atoms with Gasteiger partial charge in [-0.05, 0) is 37.0 Å². The van der Waals surface area contributed by atoms with Crippen LogP contribution in [0.4, 0.5) is 8.78 Å². The lowest BCUT2D eigenvalue weighted by Crippen LogP contribution is -2.11. The van der Waals surface area contributed by atoms with Crippen LogP contribution in [0.3, 0.4) is 0 Å². The fraction of sp³-hybridized carbons (Fsp3) is 0.400. The van der Waals surface area contributed by atoms with Gasteiger partial charge < -0.3 is 18.9 Å². The van der Waals surface area contributed by atoms with E-state index >= 15 is 0 Å². The first-order valence-corrected chi connectivity index (χ1v) is 11.3. The van der Waals surface area contributed by atoms with E-state index in [1.807, 2.05) is 0 Å². The zero-order chi connectivity index (χ0) is 24.9. The molecule has 0 unspecified atom stereocenters. The summed E-state index contributed by atoms with van der Waals surface area (Å²) in [6.45, 7) is -1.11. The molecule has 0 N–H and O–H groups in total. The van der Waals surface area contributed by atoms with E-state index in [-0.39, 0.29) is 47.8 Å². The number of Topliss-reactive ketones (excluding diaryl/α,β-unsaturated/α-hetero) is 1. The minimum absolute atomic E-state index is 0.0294. The Morgan fingerprint density at radius 1 is 1.17 bits per heavy atom. The van der Waals surface area contributed by atoms with Crippen molar-refractivity contribution in [1.82, 2.24) is 9.38 Å². The highest BCUT2D eigenvalue weighted by Gasteiger charge is 2.29. The van der Waals surface area contributed by atoms with Crippen LogP contribution in [0.1, 0.15) is 43.0 Å². The molecule has 4 rings (SSSR count). The molecule has 10 heteroatoms. The Morgan fingerprint density at radius 2 is 1.94 bits per heavy atom. The first kappa shape index (κ1) is 24.4. The van der Waals surface area contributed by atoms with Crippen molar-refractivity contribution in [1.29, 1.82) is 0 Å². The second-order valence-corrected chi connectivity index (χ2v) is 8.28. The fourth-order valence-corrected chi connectivity index (χ4v) is 3.78. The molecule has 35 heavy (non-hydrogen) atoms. The van der Waals surface area contributed by atoms with Crippen LogP contribution in [0.2, 0.25) is 0 Å². The van der Waals surface area contributed by atoms with Crippen LogP contribution in [0.25, 0.3) is 16.9 Å². The Kier molecular flexibility index (Phi) is 7.48. The number of ketones is 1. The zero-order valence-electron chi connectivity index (χ0n) is 19.5. The van der Waals surface area contributed by atoms with Crippen molar-refractivity contribution in [3.63, 3.8) is 0 Å². The standard InChI is InChI=1S/C25H26F2N2O6/c1-15(30)33-8-3-9-34-18-6-7-29-19(14-28-23(29)13-18)17-11-21(32-2)24(20(31)10-16-4-5-16)22(12-17)35-25(26)27/h6-7,11-14,16,25H,3-5,8-10H2,1-2H3. The van der Waals surface area contributed by atoms with E-state index in [1.54, 1.807) is 35.0 Å². The number of esters is 1. The van der Waals surface area contributed by atoms with Crippen LogP contribution in [0.5, 0.6) is 17.2 Å². The molecule has 1 aliphatic rings. The topological polar surface area (TPSA) is 88.4 Å². The Bertz CT molecular complexity index is 1220. The van der Waals surface area contributed by atoms with Crippen molar-refractivity contribution in [3.05, 3.63) is 42.2 Å². The molecule has 0 aliphatic heterocycles. The number of pyridine rings is 1. The summed E-state index contributed by atoms with van der Waals surface area (Å²) in [7, 11) is 1.39. The predicted octanol–water partition coefficient (Wildman–Crippen LogP) is 4.93. The van der Waals surface area contributed by atoms with Gasteiger partial charge >= 0.3 is 12.6 Å². The molecule has 0 amide bonds. The number of halogens is 2. The smallest absolute Gasteiger partial charge is 0.387 e. The number of aromatic nitrogens is 2. The van der Waals surface area contributed by atoms with Gasteiger partial charge in [-0.1, -0.05) is 0 Å². The van der Waals surface area contributed by atoms with E-state index in [2.05, 4.69) is 4.98 Å². The molecule has 3 aromatic rings. The van der Waals surface area contributed by atoms with E-state index in [9.17, 15) is 18.4 Å². The molecule has 0 saturated heterocycles. The van der Waals surface area contributed by atoms with Gasteiger partial charge in [-0.3, -0.25) is 14.0 Å². The number of alkyl halides is 2. The number of hydrogen-bond acceptors (Lipinski definition) is 7. The lowest BCUT2D eigenvalue weighted by atomic mass is 10.00. The van der Waals surface area contributed by atoms with Gasteiger partial charge in [-0.15, -0.1) is 0 Å². The number of ether oxygens (including phenoxy) is 4. The molecule has 0 bridgehead atoms. The lowest BCUT2D eigenvalue weighted by molar-refractivity contribution is -0.141. The number of methoxy groups -OCH3 is 1. The predicted molar refractivity (Wildman–Crippen MR) is 122 cm³/mol. The maximum atomic E-state index is 13.2. The number of fused-ring (bicyclic) bond motifs is 1. The number of carbonyl (C=O) groups excluding carboxylic acids is 2. The molecule has 2 aromatic heterocycles. The molecule has 0 spiro atoms. The van der Waals surface area contributed by atoms with Crippen LogP contribution in [-0.4, -0.2) is 48.1 Å². The van der Waals surface area contributed by atoms with Gasteiger partial charge in [0.15, 0.2) is 5.78 Å². The molecular weight excluding hydrogens is 462 g/mol. The largest absolute Gasteiger partial charge is 0.496 e. The van der Waals surface area contributed by atoms with Gasteiger partial charge in [0.25, 0.3) is 0 Å². The Labute approximate surface area is 200 Å². The summed E-state index contributed by atoms with van der Waals surface area (Å²) in [6, 6.07) is 6.51. The van der Waals surface area contributed by atoms with E-state index in [1.165, 1.54) is 20.1 Å². The second-order valence-electron chi connectivity index (χ2n) is 8.28. The summed E-state index contributed by atoms with van der Waals surface area (Å²) in [6.07, 6.45) is 6.06. The third-order valence-corrected chi connectivity index (χ3v) is 5.59. The Morgan fingerprint density at radius 3 is 2.63 bits per heavy atom. The summed E-state index contributed by atoms with van der Waals surface area (Å²) < 4.78 is 48.9. The molecule has 1 aromatic carbocycles. The van der Waals surface area contributed by atoms with Crippen LogP contribution < -0.4 is 14.2 Å². The van der Waals surface area contributed by atoms with Crippen molar-refractivity contribution in [2.45, 2.75) is 39.2 Å². The summed E-state index contributed by atoms with van der Waals surface area (Å²) in [5.74, 6) is 0.200. The van der Waals surface area contributed by atoms with E-state index < -0.39 is 6.61 Å². The van der Waals surface area contributed by atoms with Gasteiger partial charge in [-0.2, -0.15) is 8.78 Å². The van der Waals surface area contributed by atoms with Crippen LogP contribution >= 0.6 is 0 Å². The summed E-state index contributed by atoms with van der Waals surface area (Å²) in [5.41, 5.74) is 1.70. The summed E-state index contributed by atoms with van der Waals surface area (Å²) in [4.78, 5) is 28.0. The average molecular weight is 488 g/mol. The monoisotopic (exact) mass is 488 g/mol. The average Bonchev–Trinajstić information content (AvgIpc) is 3.52. The molecule has 1 saturated carbocycles. The number of nitrogens with zero attached hydrogens (tertiary/aromatic N) is 2. The Hall–Kier alpha value is -3.69. The lowest BCUT2D eigenvalue weighted by Gasteiger charge is -2.16. The number of hydrogen-bond donors (Lipinski definition) is 0. The van der Waals surface area contributed by atoms with Crippen molar-refractivity contribution in [3.8, 4) is 28.5 Å². The van der Waals surface area contributed by atoms with Gasteiger partial charge in [0.2, 0.25) is 0 Å². The van der Waals surface area contributed by atoms with E-state index in [0.29, 0.717) is 35.7 Å². The number of rotatable bonds is 12.